The number of carbonyl (C=O) groups is 1. The Bertz CT molecular complexity index is 710. The molecule has 0 saturated carbocycles. The number of ether oxygens (including phenoxy) is 2. The standard InChI is InChI=1S/C16H11F3O3/c17-16(18,19)11-5-3-4-10(8-11)15(20)22-14-9-21-13-7-2-1-6-12(13)14/h1-8,14H,9H2. The minimum absolute atomic E-state index is 0.140. The second kappa shape index (κ2) is 5.36. The summed E-state index contributed by atoms with van der Waals surface area (Å²) < 4.78 is 48.6. The molecule has 0 radical (unpaired) electrons. The Labute approximate surface area is 124 Å². The highest BCUT2D eigenvalue weighted by Crippen LogP contribution is 2.35. The van der Waals surface area contributed by atoms with Crippen molar-refractivity contribution in [1.29, 1.82) is 0 Å². The summed E-state index contributed by atoms with van der Waals surface area (Å²) in [5.74, 6) is -0.194. The van der Waals surface area contributed by atoms with Crippen molar-refractivity contribution in [1.82, 2.24) is 0 Å². The van der Waals surface area contributed by atoms with Gasteiger partial charge in [-0.15, -0.1) is 0 Å². The van der Waals surface area contributed by atoms with Gasteiger partial charge in [-0.3, -0.25) is 0 Å². The molecule has 1 atom stereocenters. The summed E-state index contributed by atoms with van der Waals surface area (Å²) in [6.45, 7) is 0.157. The molecule has 22 heavy (non-hydrogen) atoms. The average molecular weight is 308 g/mol. The van der Waals surface area contributed by atoms with Crippen molar-refractivity contribution in [3.63, 3.8) is 0 Å². The number of hydrogen-bond acceptors (Lipinski definition) is 3. The summed E-state index contributed by atoms with van der Waals surface area (Å²) in [7, 11) is 0. The van der Waals surface area contributed by atoms with Crippen molar-refractivity contribution >= 4 is 5.97 Å². The predicted molar refractivity (Wildman–Crippen MR) is 71.5 cm³/mol. The van der Waals surface area contributed by atoms with Gasteiger partial charge in [0.1, 0.15) is 12.4 Å². The van der Waals surface area contributed by atoms with Crippen LogP contribution in [0.5, 0.6) is 5.75 Å². The van der Waals surface area contributed by atoms with Crippen LogP contribution in [0.2, 0.25) is 0 Å². The second-order valence-electron chi connectivity index (χ2n) is 4.82. The number of benzene rings is 2. The van der Waals surface area contributed by atoms with Gasteiger partial charge in [-0.05, 0) is 24.3 Å². The summed E-state index contributed by atoms with van der Waals surface area (Å²) >= 11 is 0. The first-order valence-corrected chi connectivity index (χ1v) is 6.55. The van der Waals surface area contributed by atoms with Crippen LogP contribution in [-0.2, 0) is 10.9 Å². The number of rotatable bonds is 2. The van der Waals surface area contributed by atoms with Crippen molar-refractivity contribution in [3.05, 3.63) is 65.2 Å². The fraction of sp³-hybridized carbons (Fsp3) is 0.188. The molecule has 0 saturated heterocycles. The van der Waals surface area contributed by atoms with E-state index in [0.29, 0.717) is 11.3 Å². The van der Waals surface area contributed by atoms with Gasteiger partial charge in [-0.25, -0.2) is 4.79 Å². The molecule has 0 aromatic heterocycles. The lowest BCUT2D eigenvalue weighted by atomic mass is 10.1. The summed E-state index contributed by atoms with van der Waals surface area (Å²) in [4.78, 5) is 12.0. The van der Waals surface area contributed by atoms with Gasteiger partial charge in [-0.2, -0.15) is 13.2 Å². The van der Waals surface area contributed by atoms with Crippen molar-refractivity contribution in [2.45, 2.75) is 12.3 Å². The number of alkyl halides is 3. The SMILES string of the molecule is O=C(OC1COc2ccccc21)c1cccc(C(F)(F)F)c1. The van der Waals surface area contributed by atoms with E-state index in [1.165, 1.54) is 12.1 Å². The maximum absolute atomic E-state index is 12.7. The Kier molecular flexibility index (Phi) is 3.52. The Hall–Kier alpha value is -2.50. The highest BCUT2D eigenvalue weighted by Gasteiger charge is 2.32. The molecule has 2 aromatic rings. The molecule has 1 unspecified atom stereocenters. The summed E-state index contributed by atoms with van der Waals surface area (Å²) in [5.41, 5.74) is -0.313. The van der Waals surface area contributed by atoms with Crippen molar-refractivity contribution in [2.75, 3.05) is 6.61 Å². The topological polar surface area (TPSA) is 35.5 Å². The number of halogens is 3. The fourth-order valence-electron chi connectivity index (χ4n) is 2.25. The summed E-state index contributed by atoms with van der Waals surface area (Å²) in [6.07, 6.45) is -5.11. The zero-order chi connectivity index (χ0) is 15.7. The molecule has 0 N–H and O–H groups in total. The Balaban J connectivity index is 1.79. The van der Waals surface area contributed by atoms with Gasteiger partial charge in [0, 0.05) is 5.56 Å². The van der Waals surface area contributed by atoms with Crippen LogP contribution in [0, 0.1) is 0 Å². The van der Waals surface area contributed by atoms with Gasteiger partial charge in [0.15, 0.2) is 6.10 Å². The minimum atomic E-state index is -4.50. The second-order valence-corrected chi connectivity index (χ2v) is 4.82. The van der Waals surface area contributed by atoms with E-state index in [-0.39, 0.29) is 12.2 Å². The van der Waals surface area contributed by atoms with Gasteiger partial charge in [0.05, 0.1) is 11.1 Å². The molecule has 114 valence electrons. The van der Waals surface area contributed by atoms with Crippen LogP contribution >= 0.6 is 0 Å². The van der Waals surface area contributed by atoms with Crippen LogP contribution in [0.25, 0.3) is 0 Å². The third-order valence-corrected chi connectivity index (χ3v) is 3.33. The number of para-hydroxylation sites is 1. The molecule has 0 bridgehead atoms. The first-order chi connectivity index (χ1) is 10.4. The number of esters is 1. The number of hydrogen-bond donors (Lipinski definition) is 0. The largest absolute Gasteiger partial charge is 0.489 e. The van der Waals surface area contributed by atoms with Crippen LogP contribution in [0.3, 0.4) is 0 Å². The smallest absolute Gasteiger partial charge is 0.416 e. The van der Waals surface area contributed by atoms with Crippen LogP contribution in [0.4, 0.5) is 13.2 Å². The van der Waals surface area contributed by atoms with Crippen LogP contribution < -0.4 is 4.74 Å². The molecule has 6 heteroatoms. The summed E-state index contributed by atoms with van der Waals surface area (Å²) in [6, 6.07) is 11.2. The number of fused-ring (bicyclic) bond motifs is 1. The Morgan fingerprint density at radius 3 is 2.68 bits per heavy atom. The van der Waals surface area contributed by atoms with E-state index in [4.69, 9.17) is 9.47 Å². The highest BCUT2D eigenvalue weighted by atomic mass is 19.4. The quantitative estimate of drug-likeness (QED) is 0.787. The highest BCUT2D eigenvalue weighted by molar-refractivity contribution is 5.89. The molecule has 1 heterocycles. The first-order valence-electron chi connectivity index (χ1n) is 6.55. The van der Waals surface area contributed by atoms with Crippen molar-refractivity contribution in [3.8, 4) is 5.75 Å². The van der Waals surface area contributed by atoms with Crippen molar-refractivity contribution in [2.24, 2.45) is 0 Å². The van der Waals surface area contributed by atoms with E-state index < -0.39 is 23.8 Å². The lowest BCUT2D eigenvalue weighted by Crippen LogP contribution is -2.14. The van der Waals surface area contributed by atoms with Gasteiger partial charge in [-0.1, -0.05) is 24.3 Å². The maximum Gasteiger partial charge on any atom is 0.416 e. The van der Waals surface area contributed by atoms with Gasteiger partial charge in [0.25, 0.3) is 0 Å². The molecule has 0 aliphatic carbocycles. The minimum Gasteiger partial charge on any atom is -0.489 e. The zero-order valence-electron chi connectivity index (χ0n) is 11.3. The molecule has 0 fully saturated rings. The third kappa shape index (κ3) is 2.77. The van der Waals surface area contributed by atoms with Crippen LogP contribution in [0.1, 0.15) is 27.6 Å². The monoisotopic (exact) mass is 308 g/mol. The lowest BCUT2D eigenvalue weighted by molar-refractivity contribution is -0.137. The van der Waals surface area contributed by atoms with E-state index in [9.17, 15) is 18.0 Å². The fourth-order valence-corrected chi connectivity index (χ4v) is 2.25. The molecule has 0 spiro atoms. The number of carbonyl (C=O) groups excluding carboxylic acids is 1. The molecular formula is C16H11F3O3. The molecular weight excluding hydrogens is 297 g/mol. The Morgan fingerprint density at radius 1 is 1.14 bits per heavy atom. The third-order valence-electron chi connectivity index (χ3n) is 3.33. The Morgan fingerprint density at radius 2 is 1.91 bits per heavy atom. The van der Waals surface area contributed by atoms with E-state index in [2.05, 4.69) is 0 Å². The first kappa shape index (κ1) is 14.4. The predicted octanol–water partition coefficient (Wildman–Crippen LogP) is 4.00. The normalized spacial score (nSPS) is 16.8. The molecule has 1 aliphatic rings. The summed E-state index contributed by atoms with van der Waals surface area (Å²) in [5, 5.41) is 0. The maximum atomic E-state index is 12.7. The zero-order valence-corrected chi connectivity index (χ0v) is 11.3. The molecule has 0 amide bonds. The van der Waals surface area contributed by atoms with E-state index in [1.54, 1.807) is 24.3 Å². The van der Waals surface area contributed by atoms with Crippen molar-refractivity contribution < 1.29 is 27.4 Å². The molecule has 3 nitrogen and oxygen atoms in total. The van der Waals surface area contributed by atoms with Gasteiger partial charge in [0.2, 0.25) is 0 Å². The molecule has 3 rings (SSSR count). The van der Waals surface area contributed by atoms with E-state index >= 15 is 0 Å². The van der Waals surface area contributed by atoms with Crippen LogP contribution in [0.15, 0.2) is 48.5 Å². The van der Waals surface area contributed by atoms with Gasteiger partial charge >= 0.3 is 12.1 Å². The molecule has 1 aliphatic heterocycles. The van der Waals surface area contributed by atoms with Crippen LogP contribution in [-0.4, -0.2) is 12.6 Å². The average Bonchev–Trinajstić information content (AvgIpc) is 2.90. The lowest BCUT2D eigenvalue weighted by Gasteiger charge is -2.12. The van der Waals surface area contributed by atoms with E-state index in [1.807, 2.05) is 0 Å². The molecule has 2 aromatic carbocycles. The van der Waals surface area contributed by atoms with Gasteiger partial charge < -0.3 is 9.47 Å². The van der Waals surface area contributed by atoms with E-state index in [0.717, 1.165) is 12.1 Å².